The van der Waals surface area contributed by atoms with E-state index in [0.717, 1.165) is 19.3 Å². The first-order chi connectivity index (χ1) is 7.97. The molecule has 0 aromatic heterocycles. The van der Waals surface area contributed by atoms with Crippen molar-refractivity contribution in [3.63, 3.8) is 0 Å². The summed E-state index contributed by atoms with van der Waals surface area (Å²) in [6.07, 6.45) is 3.00. The molecule has 2 unspecified atom stereocenters. The summed E-state index contributed by atoms with van der Waals surface area (Å²) in [7, 11) is 0. The molecular formula is C15H22OS. The van der Waals surface area contributed by atoms with Crippen LogP contribution in [-0.2, 0) is 6.42 Å². The third kappa shape index (κ3) is 3.26. The van der Waals surface area contributed by atoms with Crippen LogP contribution in [-0.4, -0.2) is 16.5 Å². The molecule has 2 heteroatoms. The second-order valence-corrected chi connectivity index (χ2v) is 7.35. The van der Waals surface area contributed by atoms with Crippen molar-refractivity contribution < 1.29 is 5.11 Å². The van der Waals surface area contributed by atoms with Crippen molar-refractivity contribution in [3.8, 4) is 0 Å². The molecule has 1 aromatic carbocycles. The van der Waals surface area contributed by atoms with Crippen molar-refractivity contribution in [1.82, 2.24) is 0 Å². The van der Waals surface area contributed by atoms with Crippen molar-refractivity contribution >= 4 is 11.8 Å². The summed E-state index contributed by atoms with van der Waals surface area (Å²) >= 11 is 1.98. The van der Waals surface area contributed by atoms with Crippen LogP contribution in [0.15, 0.2) is 29.2 Å². The standard InChI is InChI=1S/C15H22OS/c1-15(2,3)14(16)9-8-12-10-11-6-4-5-7-13(11)17-12/h4-7,12,14,16H,8-10H2,1-3H3. The van der Waals surface area contributed by atoms with E-state index in [4.69, 9.17) is 0 Å². The van der Waals surface area contributed by atoms with Gasteiger partial charge in [0.25, 0.3) is 0 Å². The predicted molar refractivity (Wildman–Crippen MR) is 74.5 cm³/mol. The molecule has 0 saturated carbocycles. The topological polar surface area (TPSA) is 20.2 Å². The van der Waals surface area contributed by atoms with Crippen LogP contribution in [0.4, 0.5) is 0 Å². The van der Waals surface area contributed by atoms with Gasteiger partial charge in [-0.05, 0) is 36.3 Å². The summed E-state index contributed by atoms with van der Waals surface area (Å²) in [5, 5.41) is 10.7. The van der Waals surface area contributed by atoms with Gasteiger partial charge in [0.05, 0.1) is 6.10 Å². The highest BCUT2D eigenvalue weighted by molar-refractivity contribution is 8.00. The molecule has 1 heterocycles. The van der Waals surface area contributed by atoms with Gasteiger partial charge in [0.2, 0.25) is 0 Å². The zero-order valence-electron chi connectivity index (χ0n) is 10.9. The van der Waals surface area contributed by atoms with E-state index in [1.807, 2.05) is 11.8 Å². The third-order valence-electron chi connectivity index (χ3n) is 3.48. The van der Waals surface area contributed by atoms with Crippen molar-refractivity contribution in [3.05, 3.63) is 29.8 Å². The predicted octanol–water partition coefficient (Wildman–Crippen LogP) is 3.89. The highest BCUT2D eigenvalue weighted by Gasteiger charge is 2.26. The van der Waals surface area contributed by atoms with Gasteiger partial charge in [0.1, 0.15) is 0 Å². The van der Waals surface area contributed by atoms with Crippen LogP contribution in [0.3, 0.4) is 0 Å². The van der Waals surface area contributed by atoms with Crippen molar-refractivity contribution in [2.75, 3.05) is 0 Å². The lowest BCUT2D eigenvalue weighted by Gasteiger charge is -2.26. The van der Waals surface area contributed by atoms with Gasteiger partial charge < -0.3 is 5.11 Å². The first-order valence-electron chi connectivity index (χ1n) is 6.39. The monoisotopic (exact) mass is 250 g/mol. The number of benzene rings is 1. The molecule has 17 heavy (non-hydrogen) atoms. The number of aliphatic hydroxyl groups excluding tert-OH is 1. The highest BCUT2D eigenvalue weighted by Crippen LogP contribution is 2.39. The van der Waals surface area contributed by atoms with Crippen LogP contribution in [0.1, 0.15) is 39.2 Å². The fourth-order valence-electron chi connectivity index (χ4n) is 2.19. The summed E-state index contributed by atoms with van der Waals surface area (Å²) in [6, 6.07) is 8.66. The van der Waals surface area contributed by atoms with Gasteiger partial charge in [-0.25, -0.2) is 0 Å². The van der Waals surface area contributed by atoms with E-state index in [1.165, 1.54) is 10.5 Å². The van der Waals surface area contributed by atoms with Crippen LogP contribution in [0, 0.1) is 5.41 Å². The third-order valence-corrected chi connectivity index (χ3v) is 4.86. The summed E-state index contributed by atoms with van der Waals surface area (Å²) < 4.78 is 0. The minimum absolute atomic E-state index is 0.0100. The molecule has 2 atom stereocenters. The second-order valence-electron chi connectivity index (χ2n) is 6.01. The lowest BCUT2D eigenvalue weighted by molar-refractivity contribution is 0.0539. The van der Waals surface area contributed by atoms with Gasteiger partial charge >= 0.3 is 0 Å². The number of aliphatic hydroxyl groups is 1. The molecule has 1 nitrogen and oxygen atoms in total. The number of hydrogen-bond acceptors (Lipinski definition) is 2. The van der Waals surface area contributed by atoms with Crippen LogP contribution >= 0.6 is 11.8 Å². The Morgan fingerprint density at radius 2 is 2.06 bits per heavy atom. The van der Waals surface area contributed by atoms with E-state index in [9.17, 15) is 5.11 Å². The average molecular weight is 250 g/mol. The molecule has 94 valence electrons. The fraction of sp³-hybridized carbons (Fsp3) is 0.600. The minimum Gasteiger partial charge on any atom is -0.393 e. The normalized spacial score (nSPS) is 21.3. The van der Waals surface area contributed by atoms with Crippen LogP contribution in [0.5, 0.6) is 0 Å². The van der Waals surface area contributed by atoms with Gasteiger partial charge in [0, 0.05) is 10.1 Å². The van der Waals surface area contributed by atoms with E-state index < -0.39 is 0 Å². The van der Waals surface area contributed by atoms with Gasteiger partial charge in [-0.1, -0.05) is 39.0 Å². The Balaban J connectivity index is 1.85. The summed E-state index contributed by atoms with van der Waals surface area (Å²) in [5.74, 6) is 0. The smallest absolute Gasteiger partial charge is 0.0588 e. The number of hydrogen-bond donors (Lipinski definition) is 1. The Morgan fingerprint density at radius 1 is 1.35 bits per heavy atom. The lowest BCUT2D eigenvalue weighted by Crippen LogP contribution is -2.26. The summed E-state index contributed by atoms with van der Waals surface area (Å²) in [4.78, 5) is 1.43. The number of thioether (sulfide) groups is 1. The first-order valence-corrected chi connectivity index (χ1v) is 7.27. The van der Waals surface area contributed by atoms with Crippen molar-refractivity contribution in [2.45, 2.75) is 56.3 Å². The van der Waals surface area contributed by atoms with E-state index in [2.05, 4.69) is 45.0 Å². The zero-order valence-corrected chi connectivity index (χ0v) is 11.8. The SMILES string of the molecule is CC(C)(C)C(O)CCC1Cc2ccccc2S1. The number of fused-ring (bicyclic) bond motifs is 1. The quantitative estimate of drug-likeness (QED) is 0.878. The van der Waals surface area contributed by atoms with Gasteiger partial charge in [-0.15, -0.1) is 11.8 Å². The number of rotatable bonds is 3. The van der Waals surface area contributed by atoms with Gasteiger partial charge in [-0.3, -0.25) is 0 Å². The highest BCUT2D eigenvalue weighted by atomic mass is 32.2. The largest absolute Gasteiger partial charge is 0.393 e. The Labute approximate surface area is 109 Å². The molecule has 0 spiro atoms. The minimum atomic E-state index is -0.188. The second kappa shape index (κ2) is 5.03. The molecule has 0 saturated heterocycles. The molecule has 1 aliphatic rings. The van der Waals surface area contributed by atoms with Gasteiger partial charge in [-0.2, -0.15) is 0 Å². The molecule has 0 aliphatic carbocycles. The van der Waals surface area contributed by atoms with E-state index in [1.54, 1.807) is 0 Å². The Bertz CT molecular complexity index is 356. The maximum Gasteiger partial charge on any atom is 0.0588 e. The summed E-state index contributed by atoms with van der Waals surface area (Å²) in [6.45, 7) is 6.32. The Morgan fingerprint density at radius 3 is 2.71 bits per heavy atom. The Kier molecular flexibility index (Phi) is 3.84. The molecule has 0 fully saturated rings. The van der Waals surface area contributed by atoms with E-state index in [0.29, 0.717) is 5.25 Å². The molecule has 0 radical (unpaired) electrons. The maximum absolute atomic E-state index is 10.1. The van der Waals surface area contributed by atoms with Gasteiger partial charge in [0.15, 0.2) is 0 Å². The molecule has 1 aliphatic heterocycles. The molecule has 0 bridgehead atoms. The van der Waals surface area contributed by atoms with Crippen LogP contribution in [0.25, 0.3) is 0 Å². The van der Waals surface area contributed by atoms with E-state index in [-0.39, 0.29) is 11.5 Å². The van der Waals surface area contributed by atoms with Crippen molar-refractivity contribution in [2.24, 2.45) is 5.41 Å². The van der Waals surface area contributed by atoms with Crippen LogP contribution in [0.2, 0.25) is 0 Å². The molecular weight excluding hydrogens is 228 g/mol. The Hall–Kier alpha value is -0.470. The zero-order chi connectivity index (χ0) is 12.5. The molecule has 1 aromatic rings. The lowest BCUT2D eigenvalue weighted by atomic mass is 9.86. The van der Waals surface area contributed by atoms with Crippen LogP contribution < -0.4 is 0 Å². The molecule has 2 rings (SSSR count). The van der Waals surface area contributed by atoms with Crippen molar-refractivity contribution in [1.29, 1.82) is 0 Å². The molecule has 1 N–H and O–H groups in total. The first kappa shape index (κ1) is 13.0. The van der Waals surface area contributed by atoms with E-state index >= 15 is 0 Å². The molecule has 0 amide bonds. The summed E-state index contributed by atoms with van der Waals surface area (Å²) in [5.41, 5.74) is 1.49. The maximum atomic E-state index is 10.1. The average Bonchev–Trinajstić information content (AvgIpc) is 2.66. The fourth-order valence-corrected chi connectivity index (χ4v) is 3.53.